The average molecular weight is 292 g/mol. The van der Waals surface area contributed by atoms with Gasteiger partial charge in [-0.25, -0.2) is 0 Å². The van der Waals surface area contributed by atoms with Gasteiger partial charge in [-0.15, -0.1) is 0 Å². The Kier molecular flexibility index (Phi) is 3.47. The third-order valence-corrected chi connectivity index (χ3v) is 2.53. The maximum Gasteiger partial charge on any atom is 0.127 e. The van der Waals surface area contributed by atoms with E-state index in [1.807, 2.05) is 25.1 Å². The van der Waals surface area contributed by atoms with Gasteiger partial charge in [0.2, 0.25) is 0 Å². The van der Waals surface area contributed by atoms with Crippen molar-refractivity contribution in [1.82, 2.24) is 0 Å². The number of carbonyl (C=O) groups is 1. The largest absolute Gasteiger partial charge is 0.303 e. The minimum Gasteiger partial charge on any atom is -0.303 e. The highest BCUT2D eigenvalue weighted by Crippen LogP contribution is 2.24. The smallest absolute Gasteiger partial charge is 0.127 e. The third kappa shape index (κ3) is 2.42. The van der Waals surface area contributed by atoms with Crippen LogP contribution < -0.4 is 0 Å². The van der Waals surface area contributed by atoms with Gasteiger partial charge in [0, 0.05) is 14.9 Å². The molecule has 0 aromatic heterocycles. The molecule has 1 rings (SSSR count). The van der Waals surface area contributed by atoms with Crippen LogP contribution in [-0.2, 0) is 4.79 Å². The highest BCUT2D eigenvalue weighted by atomic mass is 79.9. The van der Waals surface area contributed by atoms with E-state index in [-0.39, 0.29) is 5.92 Å². The molecule has 0 saturated heterocycles. The zero-order valence-corrected chi connectivity index (χ0v) is 9.72. The van der Waals surface area contributed by atoms with Gasteiger partial charge >= 0.3 is 0 Å². The van der Waals surface area contributed by atoms with Gasteiger partial charge in [-0.2, -0.15) is 0 Å². The van der Waals surface area contributed by atoms with Crippen LogP contribution in [0.3, 0.4) is 0 Å². The molecule has 1 atom stereocenters. The predicted molar refractivity (Wildman–Crippen MR) is 56.3 cm³/mol. The summed E-state index contributed by atoms with van der Waals surface area (Å²) in [6.07, 6.45) is 0.939. The Bertz CT molecular complexity index is 276. The molecule has 3 heteroatoms. The van der Waals surface area contributed by atoms with E-state index in [0.717, 1.165) is 20.8 Å². The van der Waals surface area contributed by atoms with Crippen LogP contribution in [0.15, 0.2) is 27.1 Å². The molecule has 0 aliphatic rings. The number of carbonyl (C=O) groups excluding carboxylic acids is 1. The van der Waals surface area contributed by atoms with Gasteiger partial charge in [-0.3, -0.25) is 0 Å². The van der Waals surface area contributed by atoms with E-state index in [0.29, 0.717) is 0 Å². The molecule has 0 N–H and O–H groups in total. The van der Waals surface area contributed by atoms with Crippen molar-refractivity contribution in [2.75, 3.05) is 0 Å². The van der Waals surface area contributed by atoms with Gasteiger partial charge in [0.25, 0.3) is 0 Å². The lowest BCUT2D eigenvalue weighted by atomic mass is 10.0. The number of halogens is 2. The molecule has 0 spiro atoms. The molecule has 0 radical (unpaired) electrons. The van der Waals surface area contributed by atoms with E-state index >= 15 is 0 Å². The van der Waals surface area contributed by atoms with Crippen LogP contribution in [0.25, 0.3) is 0 Å². The highest BCUT2D eigenvalue weighted by Gasteiger charge is 2.04. The Labute approximate surface area is 88.4 Å². The second-order valence-corrected chi connectivity index (χ2v) is 4.46. The van der Waals surface area contributed by atoms with Gasteiger partial charge < -0.3 is 4.79 Å². The van der Waals surface area contributed by atoms with Crippen molar-refractivity contribution in [3.63, 3.8) is 0 Å². The predicted octanol–water partition coefficient (Wildman–Crippen LogP) is 3.51. The Morgan fingerprint density at radius 1 is 1.25 bits per heavy atom. The molecule has 1 unspecified atom stereocenters. The molecule has 0 aliphatic heterocycles. The summed E-state index contributed by atoms with van der Waals surface area (Å²) in [4.78, 5) is 10.5. The van der Waals surface area contributed by atoms with Crippen molar-refractivity contribution < 1.29 is 4.79 Å². The summed E-state index contributed by atoms with van der Waals surface area (Å²) in [5, 5.41) is 0. The Morgan fingerprint density at radius 3 is 2.17 bits per heavy atom. The van der Waals surface area contributed by atoms with E-state index in [9.17, 15) is 4.79 Å². The molecule has 1 aromatic carbocycles. The SMILES string of the molecule is CC(C=O)c1cc(Br)cc(Br)c1. The van der Waals surface area contributed by atoms with Gasteiger partial charge in [0.05, 0.1) is 0 Å². The lowest BCUT2D eigenvalue weighted by Gasteiger charge is -2.04. The molecule has 12 heavy (non-hydrogen) atoms. The summed E-state index contributed by atoms with van der Waals surface area (Å²) in [6, 6.07) is 5.84. The second kappa shape index (κ2) is 4.19. The van der Waals surface area contributed by atoms with Crippen LogP contribution in [0.5, 0.6) is 0 Å². The maximum absolute atomic E-state index is 10.5. The summed E-state index contributed by atoms with van der Waals surface area (Å²) in [7, 11) is 0. The molecule has 0 heterocycles. The highest BCUT2D eigenvalue weighted by molar-refractivity contribution is 9.11. The number of hydrogen-bond acceptors (Lipinski definition) is 1. The average Bonchev–Trinajstić information content (AvgIpc) is 2.01. The fourth-order valence-corrected chi connectivity index (χ4v) is 2.25. The van der Waals surface area contributed by atoms with Crippen molar-refractivity contribution in [3.05, 3.63) is 32.7 Å². The zero-order chi connectivity index (χ0) is 9.14. The molecule has 0 amide bonds. The third-order valence-electron chi connectivity index (χ3n) is 1.61. The van der Waals surface area contributed by atoms with Gasteiger partial charge in [0.15, 0.2) is 0 Å². The van der Waals surface area contributed by atoms with E-state index in [4.69, 9.17) is 0 Å². The summed E-state index contributed by atoms with van der Waals surface area (Å²) >= 11 is 6.73. The minimum absolute atomic E-state index is 0.0428. The standard InChI is InChI=1S/C9H8Br2O/c1-6(5-12)7-2-8(10)4-9(11)3-7/h2-6H,1H3. The first kappa shape index (κ1) is 9.93. The quantitative estimate of drug-likeness (QED) is 0.762. The molecule has 1 aromatic rings. The fraction of sp³-hybridized carbons (Fsp3) is 0.222. The van der Waals surface area contributed by atoms with Crippen LogP contribution >= 0.6 is 31.9 Å². The summed E-state index contributed by atoms with van der Waals surface area (Å²) in [5.41, 5.74) is 1.02. The van der Waals surface area contributed by atoms with E-state index in [1.54, 1.807) is 0 Å². The minimum atomic E-state index is -0.0428. The molecule has 0 saturated carbocycles. The summed E-state index contributed by atoms with van der Waals surface area (Å²) in [6.45, 7) is 1.88. The molecule has 1 nitrogen and oxygen atoms in total. The zero-order valence-electron chi connectivity index (χ0n) is 6.55. The Hall–Kier alpha value is -0.150. The molecule has 64 valence electrons. The van der Waals surface area contributed by atoms with E-state index in [1.165, 1.54) is 0 Å². The first-order valence-corrected chi connectivity index (χ1v) is 5.13. The summed E-state index contributed by atoms with van der Waals surface area (Å²) in [5.74, 6) is -0.0428. The van der Waals surface area contributed by atoms with Crippen LogP contribution in [0.2, 0.25) is 0 Å². The van der Waals surface area contributed by atoms with Gasteiger partial charge in [0.1, 0.15) is 6.29 Å². The second-order valence-electron chi connectivity index (χ2n) is 2.63. The van der Waals surface area contributed by atoms with Crippen LogP contribution in [0.4, 0.5) is 0 Å². The number of hydrogen-bond donors (Lipinski definition) is 0. The number of rotatable bonds is 2. The van der Waals surface area contributed by atoms with Crippen LogP contribution in [0.1, 0.15) is 18.4 Å². The fourth-order valence-electron chi connectivity index (χ4n) is 0.917. The van der Waals surface area contributed by atoms with E-state index in [2.05, 4.69) is 31.9 Å². The molecular weight excluding hydrogens is 284 g/mol. The van der Waals surface area contributed by atoms with Crippen molar-refractivity contribution in [3.8, 4) is 0 Å². The summed E-state index contributed by atoms with van der Waals surface area (Å²) < 4.78 is 1.97. The van der Waals surface area contributed by atoms with Crippen LogP contribution in [0, 0.1) is 0 Å². The van der Waals surface area contributed by atoms with Gasteiger partial charge in [-0.1, -0.05) is 38.8 Å². The maximum atomic E-state index is 10.5. The number of benzene rings is 1. The Morgan fingerprint density at radius 2 is 1.75 bits per heavy atom. The van der Waals surface area contributed by atoms with Gasteiger partial charge in [-0.05, 0) is 23.8 Å². The normalized spacial score (nSPS) is 12.6. The Balaban J connectivity index is 3.08. The van der Waals surface area contributed by atoms with Crippen molar-refractivity contribution >= 4 is 38.1 Å². The molecule has 0 aliphatic carbocycles. The number of aldehydes is 1. The molecule has 0 fully saturated rings. The van der Waals surface area contributed by atoms with E-state index < -0.39 is 0 Å². The van der Waals surface area contributed by atoms with Crippen molar-refractivity contribution in [1.29, 1.82) is 0 Å². The lowest BCUT2D eigenvalue weighted by molar-refractivity contribution is -0.108. The molecular formula is C9H8Br2O. The first-order chi connectivity index (χ1) is 5.63. The molecule has 0 bridgehead atoms. The van der Waals surface area contributed by atoms with Crippen molar-refractivity contribution in [2.24, 2.45) is 0 Å². The van der Waals surface area contributed by atoms with Crippen molar-refractivity contribution in [2.45, 2.75) is 12.8 Å². The topological polar surface area (TPSA) is 17.1 Å². The monoisotopic (exact) mass is 290 g/mol. The first-order valence-electron chi connectivity index (χ1n) is 3.55. The lowest BCUT2D eigenvalue weighted by Crippen LogP contribution is -1.93. The van der Waals surface area contributed by atoms with Crippen LogP contribution in [-0.4, -0.2) is 6.29 Å².